The van der Waals surface area contributed by atoms with Gasteiger partial charge in [-0.15, -0.1) is 0 Å². The SMILES string of the molecule is C[C@@H]1CN(c2nc(OC[C@@H]3CCCN3C)nc3c2CCC(N2CCCc4ccccc42)C3)[C@@H](C)CN1.[HH]. The van der Waals surface area contributed by atoms with Gasteiger partial charge in [-0.3, -0.25) is 0 Å². The number of piperazine rings is 1. The maximum Gasteiger partial charge on any atom is 0.318 e. The van der Waals surface area contributed by atoms with Crippen molar-refractivity contribution in [2.75, 3.05) is 49.6 Å². The highest BCUT2D eigenvalue weighted by Crippen LogP contribution is 2.37. The molecule has 0 saturated carbocycles. The summed E-state index contributed by atoms with van der Waals surface area (Å²) in [5.74, 6) is 1.12. The number of likely N-dealkylation sites (N-methyl/N-ethyl adjacent to an activating group) is 1. The maximum atomic E-state index is 6.34. The summed E-state index contributed by atoms with van der Waals surface area (Å²) >= 11 is 0. The molecule has 36 heavy (non-hydrogen) atoms. The summed E-state index contributed by atoms with van der Waals surface area (Å²) < 4.78 is 6.34. The van der Waals surface area contributed by atoms with Gasteiger partial charge in [-0.05, 0) is 77.6 Å². The predicted octanol–water partition coefficient (Wildman–Crippen LogP) is 3.69. The van der Waals surface area contributed by atoms with Gasteiger partial charge in [0.05, 0.1) is 5.69 Å². The Bertz CT molecular complexity index is 1080. The lowest BCUT2D eigenvalue weighted by Crippen LogP contribution is -2.55. The maximum absolute atomic E-state index is 6.34. The van der Waals surface area contributed by atoms with Gasteiger partial charge in [0.2, 0.25) is 0 Å². The number of rotatable bonds is 5. The Hall–Kier alpha value is -2.38. The summed E-state index contributed by atoms with van der Waals surface area (Å²) in [5.41, 5.74) is 5.47. The highest BCUT2D eigenvalue weighted by Gasteiger charge is 2.34. The van der Waals surface area contributed by atoms with Gasteiger partial charge in [-0.25, -0.2) is 0 Å². The van der Waals surface area contributed by atoms with Gasteiger partial charge in [0.15, 0.2) is 0 Å². The first-order valence-electron chi connectivity index (χ1n) is 14.1. The molecule has 1 aromatic carbocycles. The Morgan fingerprint density at radius 1 is 1.06 bits per heavy atom. The van der Waals surface area contributed by atoms with E-state index in [1.807, 2.05) is 0 Å². The van der Waals surface area contributed by atoms with Crippen molar-refractivity contribution < 1.29 is 6.16 Å². The molecule has 0 radical (unpaired) electrons. The van der Waals surface area contributed by atoms with Crippen LogP contribution in [0.1, 0.15) is 57.8 Å². The largest absolute Gasteiger partial charge is 0.462 e. The van der Waals surface area contributed by atoms with Crippen molar-refractivity contribution in [2.45, 2.75) is 83.0 Å². The first-order chi connectivity index (χ1) is 17.6. The topological polar surface area (TPSA) is 56.8 Å². The van der Waals surface area contributed by atoms with Crippen LogP contribution in [0.2, 0.25) is 0 Å². The van der Waals surface area contributed by atoms with Gasteiger partial charge < -0.3 is 24.8 Å². The second-order valence-electron chi connectivity index (χ2n) is 11.5. The molecule has 1 aliphatic carbocycles. The number of fused-ring (bicyclic) bond motifs is 2. The summed E-state index contributed by atoms with van der Waals surface area (Å²) in [6, 6.07) is 11.3. The number of nitrogens with one attached hydrogen (secondary N) is 1. The molecule has 196 valence electrons. The molecule has 1 unspecified atom stereocenters. The van der Waals surface area contributed by atoms with E-state index in [2.05, 4.69) is 65.2 Å². The van der Waals surface area contributed by atoms with E-state index < -0.39 is 0 Å². The standard InChI is InChI=1S/C29H42N6O.H2/c1-20-18-35(21(2)17-30-20)28-25-13-12-23(34-15-6-9-22-8-4-5-11-27(22)34)16-26(25)31-29(32-28)36-19-24-10-7-14-33(24)3;/h4-5,8,11,20-21,23-24,30H,6-7,9-10,12-19H2,1-3H3;1H/t20-,21+,23?,24+;/m1./s1. The van der Waals surface area contributed by atoms with Crippen molar-refractivity contribution in [3.8, 4) is 6.01 Å². The smallest absolute Gasteiger partial charge is 0.318 e. The van der Waals surface area contributed by atoms with E-state index >= 15 is 0 Å². The van der Waals surface area contributed by atoms with Crippen LogP contribution in [0.3, 0.4) is 0 Å². The molecule has 4 atom stereocenters. The van der Waals surface area contributed by atoms with Crippen LogP contribution in [0.5, 0.6) is 6.01 Å². The minimum atomic E-state index is 0. The molecule has 4 aliphatic rings. The fourth-order valence-corrected chi connectivity index (χ4v) is 6.74. The van der Waals surface area contributed by atoms with Crippen LogP contribution in [0.4, 0.5) is 11.5 Å². The van der Waals surface area contributed by atoms with Crippen molar-refractivity contribution in [3.63, 3.8) is 0 Å². The fraction of sp³-hybridized carbons (Fsp3) is 0.655. The normalized spacial score (nSPS) is 28.6. The van der Waals surface area contributed by atoms with E-state index in [4.69, 9.17) is 14.7 Å². The third-order valence-electron chi connectivity index (χ3n) is 8.91. The highest BCUT2D eigenvalue weighted by molar-refractivity contribution is 5.58. The zero-order valence-corrected chi connectivity index (χ0v) is 22.2. The molecule has 1 N–H and O–H groups in total. The van der Waals surface area contributed by atoms with Crippen LogP contribution in [-0.2, 0) is 19.3 Å². The van der Waals surface area contributed by atoms with Crippen LogP contribution in [0.25, 0.3) is 0 Å². The van der Waals surface area contributed by atoms with E-state index in [1.165, 1.54) is 48.2 Å². The van der Waals surface area contributed by atoms with Gasteiger partial charge in [0, 0.05) is 62.9 Å². The minimum absolute atomic E-state index is 0. The number of hydrogen-bond acceptors (Lipinski definition) is 7. The molecule has 4 heterocycles. The lowest BCUT2D eigenvalue weighted by molar-refractivity contribution is 0.187. The first-order valence-corrected chi connectivity index (χ1v) is 14.1. The quantitative estimate of drug-likeness (QED) is 0.683. The number of para-hydroxylation sites is 1. The molecule has 6 rings (SSSR count). The van der Waals surface area contributed by atoms with Crippen LogP contribution >= 0.6 is 0 Å². The molecule has 1 aromatic heterocycles. The summed E-state index contributed by atoms with van der Waals surface area (Å²) in [6.07, 6.45) is 8.01. The van der Waals surface area contributed by atoms with Crippen LogP contribution in [0, 0.1) is 0 Å². The molecule has 0 bridgehead atoms. The van der Waals surface area contributed by atoms with E-state index in [0.29, 0.717) is 36.8 Å². The first kappa shape index (κ1) is 24.0. The lowest BCUT2D eigenvalue weighted by atomic mass is 9.88. The van der Waals surface area contributed by atoms with Crippen molar-refractivity contribution in [3.05, 3.63) is 41.1 Å². The molecule has 0 amide bonds. The summed E-state index contributed by atoms with van der Waals surface area (Å²) in [5, 5.41) is 3.62. The molecule has 2 saturated heterocycles. The van der Waals surface area contributed by atoms with Crippen LogP contribution in [-0.4, -0.2) is 78.9 Å². The zero-order valence-electron chi connectivity index (χ0n) is 22.2. The van der Waals surface area contributed by atoms with Gasteiger partial charge in [0.25, 0.3) is 0 Å². The van der Waals surface area contributed by atoms with Gasteiger partial charge >= 0.3 is 6.01 Å². The Balaban J connectivity index is 0.00000280. The Morgan fingerprint density at radius 3 is 2.81 bits per heavy atom. The van der Waals surface area contributed by atoms with Crippen LogP contribution in [0.15, 0.2) is 24.3 Å². The monoisotopic (exact) mass is 492 g/mol. The number of ether oxygens (including phenoxy) is 1. The zero-order chi connectivity index (χ0) is 24.6. The Morgan fingerprint density at radius 2 is 1.94 bits per heavy atom. The summed E-state index contributed by atoms with van der Waals surface area (Å²) in [6.45, 7) is 9.49. The number of benzene rings is 1. The molecule has 2 fully saturated rings. The molecule has 7 nitrogen and oxygen atoms in total. The second-order valence-corrected chi connectivity index (χ2v) is 11.5. The van der Waals surface area contributed by atoms with Gasteiger partial charge in [-0.1, -0.05) is 18.2 Å². The number of nitrogens with zero attached hydrogens (tertiary/aromatic N) is 5. The number of aromatic nitrogens is 2. The van der Waals surface area contributed by atoms with Crippen LogP contribution < -0.4 is 19.9 Å². The highest BCUT2D eigenvalue weighted by atomic mass is 16.5. The van der Waals surface area contributed by atoms with E-state index in [1.54, 1.807) is 0 Å². The van der Waals surface area contributed by atoms with Crippen molar-refractivity contribution >= 4 is 11.5 Å². The number of aryl methyl sites for hydroxylation is 1. The Kier molecular flexibility index (Phi) is 6.78. The number of hydrogen-bond donors (Lipinski definition) is 1. The third-order valence-corrected chi connectivity index (χ3v) is 8.91. The van der Waals surface area contributed by atoms with Gasteiger partial charge in [-0.2, -0.15) is 9.97 Å². The second kappa shape index (κ2) is 10.2. The fourth-order valence-electron chi connectivity index (χ4n) is 6.74. The number of anilines is 2. The van der Waals surface area contributed by atoms with E-state index in [0.717, 1.165) is 51.3 Å². The minimum Gasteiger partial charge on any atom is -0.462 e. The molecule has 7 heteroatoms. The van der Waals surface area contributed by atoms with Crippen molar-refractivity contribution in [1.82, 2.24) is 20.2 Å². The van der Waals surface area contributed by atoms with Gasteiger partial charge in [0.1, 0.15) is 12.4 Å². The lowest BCUT2D eigenvalue weighted by Gasteiger charge is -2.42. The average molecular weight is 493 g/mol. The molecule has 2 aromatic rings. The molecule has 3 aliphatic heterocycles. The molecular formula is C29H44N6O. The van der Waals surface area contributed by atoms with E-state index in [9.17, 15) is 0 Å². The average Bonchev–Trinajstić information content (AvgIpc) is 3.32. The number of likely N-dealkylation sites (tertiary alicyclic amines) is 1. The van der Waals surface area contributed by atoms with Crippen molar-refractivity contribution in [2.24, 2.45) is 0 Å². The van der Waals surface area contributed by atoms with Crippen molar-refractivity contribution in [1.29, 1.82) is 0 Å². The summed E-state index contributed by atoms with van der Waals surface area (Å²) in [7, 11) is 2.20. The molecular weight excluding hydrogens is 448 g/mol. The molecule has 0 spiro atoms. The Labute approximate surface area is 217 Å². The summed E-state index contributed by atoms with van der Waals surface area (Å²) in [4.78, 5) is 17.7. The van der Waals surface area contributed by atoms with E-state index in [-0.39, 0.29) is 1.43 Å². The predicted molar refractivity (Wildman–Crippen MR) is 147 cm³/mol. The third kappa shape index (κ3) is 4.68.